The Labute approximate surface area is 159 Å². The Hall–Kier alpha value is -3.44. The number of hydrogen-bond acceptors (Lipinski definition) is 6. The van der Waals surface area contributed by atoms with E-state index in [2.05, 4.69) is 16.5 Å². The zero-order valence-electron chi connectivity index (χ0n) is 14.7. The number of rotatable bonds is 5. The molecule has 1 N–H and O–H groups in total. The number of aromatic nitrogens is 2. The summed E-state index contributed by atoms with van der Waals surface area (Å²) in [5, 5.41) is 19.6. The van der Waals surface area contributed by atoms with Crippen molar-refractivity contribution in [3.8, 4) is 11.8 Å². The minimum atomic E-state index is -0.902. The zero-order valence-corrected chi connectivity index (χ0v) is 15.5. The highest BCUT2D eigenvalue weighted by molar-refractivity contribution is 7.08. The van der Waals surface area contributed by atoms with Gasteiger partial charge < -0.3 is 10.1 Å². The second-order valence-corrected chi connectivity index (χ2v) is 6.51. The summed E-state index contributed by atoms with van der Waals surface area (Å²) in [7, 11) is 1.27. The lowest BCUT2D eigenvalue weighted by Crippen LogP contribution is -2.34. The number of hydrogen-bond donors (Lipinski definition) is 1. The minimum Gasteiger partial charge on any atom is -0.467 e. The quantitative estimate of drug-likeness (QED) is 0.687. The molecule has 0 fully saturated rings. The molecule has 0 aliphatic heterocycles. The van der Waals surface area contributed by atoms with E-state index >= 15 is 0 Å². The summed E-state index contributed by atoms with van der Waals surface area (Å²) in [5.74, 6) is -1.05. The van der Waals surface area contributed by atoms with Crippen LogP contribution in [0.5, 0.6) is 0 Å². The lowest BCUT2D eigenvalue weighted by molar-refractivity contribution is -0.143. The molecule has 0 saturated heterocycles. The van der Waals surface area contributed by atoms with Gasteiger partial charge in [0.25, 0.3) is 5.91 Å². The van der Waals surface area contributed by atoms with Gasteiger partial charge in [0.15, 0.2) is 11.7 Å². The predicted molar refractivity (Wildman–Crippen MR) is 99.6 cm³/mol. The first kappa shape index (κ1) is 18.4. The number of nitrogens with zero attached hydrogens (tertiary/aromatic N) is 3. The molecule has 1 amide bonds. The molecule has 27 heavy (non-hydrogen) atoms. The molecule has 0 radical (unpaired) electrons. The molecule has 2 aromatic heterocycles. The van der Waals surface area contributed by atoms with Crippen molar-refractivity contribution in [2.24, 2.45) is 0 Å². The van der Waals surface area contributed by atoms with Gasteiger partial charge >= 0.3 is 5.97 Å². The number of thiophene rings is 1. The molecule has 1 aromatic carbocycles. The standard InChI is InChI=1S/C19H16N4O3S/c1-12-8-16(22-23(12)15-5-3-4-13(9-15)10-20)18(24)21-17(19(25)26-2)14-6-7-27-11-14/h3-9,11,17H,1-2H3,(H,21,24). The Morgan fingerprint density at radius 3 is 2.81 bits per heavy atom. The van der Waals surface area contributed by atoms with Crippen LogP contribution in [0.3, 0.4) is 0 Å². The number of carbonyl (C=O) groups is 2. The highest BCUT2D eigenvalue weighted by Gasteiger charge is 2.26. The van der Waals surface area contributed by atoms with Gasteiger partial charge in [-0.15, -0.1) is 0 Å². The molecule has 0 bridgehead atoms. The topological polar surface area (TPSA) is 97.0 Å². The Morgan fingerprint density at radius 2 is 2.15 bits per heavy atom. The number of ether oxygens (including phenoxy) is 1. The molecule has 3 aromatic rings. The first-order chi connectivity index (χ1) is 13.0. The molecule has 0 aliphatic carbocycles. The average Bonchev–Trinajstić information content (AvgIpc) is 3.35. The number of esters is 1. The first-order valence-electron chi connectivity index (χ1n) is 8.01. The molecule has 136 valence electrons. The van der Waals surface area contributed by atoms with Gasteiger partial charge in [0, 0.05) is 5.69 Å². The molecule has 1 unspecified atom stereocenters. The minimum absolute atomic E-state index is 0.166. The number of methoxy groups -OCH3 is 1. The Morgan fingerprint density at radius 1 is 1.33 bits per heavy atom. The fraction of sp³-hybridized carbons (Fsp3) is 0.158. The van der Waals surface area contributed by atoms with E-state index in [9.17, 15) is 9.59 Å². The smallest absolute Gasteiger partial charge is 0.333 e. The van der Waals surface area contributed by atoms with Gasteiger partial charge in [-0.2, -0.15) is 21.7 Å². The molecule has 0 spiro atoms. The third-order valence-corrected chi connectivity index (χ3v) is 4.63. The average molecular weight is 380 g/mol. The summed E-state index contributed by atoms with van der Waals surface area (Å²) in [5.41, 5.74) is 2.71. The van der Waals surface area contributed by atoms with Crippen molar-refractivity contribution in [2.75, 3.05) is 7.11 Å². The van der Waals surface area contributed by atoms with Gasteiger partial charge in [-0.25, -0.2) is 9.48 Å². The van der Waals surface area contributed by atoms with E-state index in [1.165, 1.54) is 18.4 Å². The van der Waals surface area contributed by atoms with Crippen LogP contribution in [0.4, 0.5) is 0 Å². The molecule has 8 heteroatoms. The fourth-order valence-electron chi connectivity index (χ4n) is 2.59. The number of benzene rings is 1. The van der Waals surface area contributed by atoms with E-state index in [1.807, 2.05) is 5.38 Å². The first-order valence-corrected chi connectivity index (χ1v) is 8.95. The van der Waals surface area contributed by atoms with Gasteiger partial charge in [0.2, 0.25) is 0 Å². The summed E-state index contributed by atoms with van der Waals surface area (Å²) in [6.45, 7) is 1.81. The van der Waals surface area contributed by atoms with Gasteiger partial charge in [-0.3, -0.25) is 4.79 Å². The Balaban J connectivity index is 1.87. The van der Waals surface area contributed by atoms with E-state index in [0.29, 0.717) is 16.8 Å². The van der Waals surface area contributed by atoms with E-state index < -0.39 is 17.9 Å². The molecule has 0 saturated carbocycles. The summed E-state index contributed by atoms with van der Waals surface area (Å²) in [4.78, 5) is 24.7. The molecule has 0 aliphatic rings. The normalized spacial score (nSPS) is 11.4. The molecule has 2 heterocycles. The number of amides is 1. The van der Waals surface area contributed by atoms with Crippen LogP contribution in [0.25, 0.3) is 5.69 Å². The van der Waals surface area contributed by atoms with Crippen LogP contribution >= 0.6 is 11.3 Å². The maximum Gasteiger partial charge on any atom is 0.333 e. The predicted octanol–water partition coefficient (Wildman–Crippen LogP) is 2.76. The molecular formula is C19H16N4O3S. The van der Waals surface area contributed by atoms with Crippen LogP contribution < -0.4 is 5.32 Å². The molecule has 1 atom stereocenters. The van der Waals surface area contributed by atoms with Crippen LogP contribution in [0.15, 0.2) is 47.2 Å². The fourth-order valence-corrected chi connectivity index (χ4v) is 3.28. The van der Waals surface area contributed by atoms with Crippen molar-refractivity contribution in [3.63, 3.8) is 0 Å². The van der Waals surface area contributed by atoms with Crippen LogP contribution in [-0.4, -0.2) is 28.8 Å². The van der Waals surface area contributed by atoms with E-state index in [0.717, 1.165) is 5.69 Å². The number of nitrogens with one attached hydrogen (secondary N) is 1. The second-order valence-electron chi connectivity index (χ2n) is 5.73. The van der Waals surface area contributed by atoms with Crippen LogP contribution in [0.2, 0.25) is 0 Å². The monoisotopic (exact) mass is 380 g/mol. The third-order valence-electron chi connectivity index (χ3n) is 3.93. The van der Waals surface area contributed by atoms with Crippen molar-refractivity contribution >= 4 is 23.2 Å². The van der Waals surface area contributed by atoms with Crippen molar-refractivity contribution in [3.05, 3.63) is 69.7 Å². The highest BCUT2D eigenvalue weighted by Crippen LogP contribution is 2.19. The van der Waals surface area contributed by atoms with Crippen molar-refractivity contribution < 1.29 is 14.3 Å². The third kappa shape index (κ3) is 3.88. The van der Waals surface area contributed by atoms with Crippen LogP contribution in [0.1, 0.15) is 33.4 Å². The summed E-state index contributed by atoms with van der Waals surface area (Å²) in [6.07, 6.45) is 0. The summed E-state index contributed by atoms with van der Waals surface area (Å²) in [6, 6.07) is 11.5. The summed E-state index contributed by atoms with van der Waals surface area (Å²) < 4.78 is 6.37. The number of carbonyl (C=O) groups excluding carboxylic acids is 2. The lowest BCUT2D eigenvalue weighted by atomic mass is 10.1. The van der Waals surface area contributed by atoms with E-state index in [4.69, 9.17) is 10.00 Å². The molecular weight excluding hydrogens is 364 g/mol. The van der Waals surface area contributed by atoms with Crippen LogP contribution in [0, 0.1) is 18.3 Å². The van der Waals surface area contributed by atoms with Gasteiger partial charge in [0.05, 0.1) is 24.4 Å². The summed E-state index contributed by atoms with van der Waals surface area (Å²) >= 11 is 1.42. The van der Waals surface area contributed by atoms with E-state index in [1.54, 1.807) is 53.4 Å². The second kappa shape index (κ2) is 7.85. The lowest BCUT2D eigenvalue weighted by Gasteiger charge is -2.14. The largest absolute Gasteiger partial charge is 0.467 e. The zero-order chi connectivity index (χ0) is 19.4. The van der Waals surface area contributed by atoms with Gasteiger partial charge in [-0.1, -0.05) is 6.07 Å². The van der Waals surface area contributed by atoms with Crippen molar-refractivity contribution in [2.45, 2.75) is 13.0 Å². The SMILES string of the molecule is COC(=O)C(NC(=O)c1cc(C)n(-c2cccc(C#N)c2)n1)c1ccsc1. The van der Waals surface area contributed by atoms with Crippen molar-refractivity contribution in [1.82, 2.24) is 15.1 Å². The maximum absolute atomic E-state index is 12.6. The van der Waals surface area contributed by atoms with Gasteiger partial charge in [-0.05, 0) is 53.6 Å². The van der Waals surface area contributed by atoms with Gasteiger partial charge in [0.1, 0.15) is 0 Å². The Kier molecular flexibility index (Phi) is 5.33. The Bertz CT molecular complexity index is 1020. The van der Waals surface area contributed by atoms with Crippen LogP contribution in [-0.2, 0) is 9.53 Å². The number of nitriles is 1. The highest BCUT2D eigenvalue weighted by atomic mass is 32.1. The molecule has 3 rings (SSSR count). The maximum atomic E-state index is 12.6. The van der Waals surface area contributed by atoms with E-state index in [-0.39, 0.29) is 5.69 Å². The molecule has 7 nitrogen and oxygen atoms in total. The van der Waals surface area contributed by atoms with Crippen molar-refractivity contribution in [1.29, 1.82) is 5.26 Å². The number of aryl methyl sites for hydroxylation is 1.